The van der Waals surface area contributed by atoms with Gasteiger partial charge in [0.05, 0.1) is 6.61 Å². The van der Waals surface area contributed by atoms with Crippen molar-refractivity contribution in [3.05, 3.63) is 0 Å². The van der Waals surface area contributed by atoms with Gasteiger partial charge in [0, 0.05) is 13.8 Å². The molecule has 1 rings (SSSR count). The molecule has 0 radical (unpaired) electrons. The average molecular weight is 248 g/mol. The smallest absolute Gasteiger partial charge is 0.303 e. The first-order valence-corrected chi connectivity index (χ1v) is 5.20. The summed E-state index contributed by atoms with van der Waals surface area (Å²) < 4.78 is 14.6. The van der Waals surface area contributed by atoms with Gasteiger partial charge in [0.25, 0.3) is 0 Å². The van der Waals surface area contributed by atoms with Crippen LogP contribution in [0.5, 0.6) is 0 Å². The summed E-state index contributed by atoms with van der Waals surface area (Å²) in [5.74, 6) is -1.11. The molecule has 0 unspecified atom stereocenters. The maximum absolute atomic E-state index is 10.8. The Balaban J connectivity index is 2.58. The van der Waals surface area contributed by atoms with Crippen LogP contribution in [-0.2, 0) is 23.8 Å². The molecule has 0 bridgehead atoms. The number of aliphatic hydroxyl groups excluding tert-OH is 2. The minimum Gasteiger partial charge on any atom is -0.463 e. The SMILES string of the molecule is CC(=O)OC[C@H]1OC[C@H](O)[C@@H](OC(C)=O)[C@@H]1O. The third-order valence-electron chi connectivity index (χ3n) is 2.33. The Morgan fingerprint density at radius 3 is 2.47 bits per heavy atom. The summed E-state index contributed by atoms with van der Waals surface area (Å²) in [4.78, 5) is 21.4. The third kappa shape index (κ3) is 3.95. The van der Waals surface area contributed by atoms with Crippen LogP contribution in [0.4, 0.5) is 0 Å². The average Bonchev–Trinajstić information content (AvgIpc) is 2.22. The normalized spacial score (nSPS) is 32.9. The van der Waals surface area contributed by atoms with Crippen LogP contribution in [0.15, 0.2) is 0 Å². The lowest BCUT2D eigenvalue weighted by atomic mass is 10.0. The molecule has 7 heteroatoms. The number of hydrogen-bond acceptors (Lipinski definition) is 7. The van der Waals surface area contributed by atoms with E-state index in [4.69, 9.17) is 14.2 Å². The summed E-state index contributed by atoms with van der Waals surface area (Å²) in [5.41, 5.74) is 0. The highest BCUT2D eigenvalue weighted by molar-refractivity contribution is 5.66. The van der Waals surface area contributed by atoms with Crippen LogP contribution in [-0.4, -0.2) is 59.8 Å². The Hall–Kier alpha value is -1.18. The Labute approximate surface area is 98.3 Å². The molecule has 17 heavy (non-hydrogen) atoms. The van der Waals surface area contributed by atoms with Crippen molar-refractivity contribution in [3.63, 3.8) is 0 Å². The second-order valence-electron chi connectivity index (χ2n) is 3.81. The van der Waals surface area contributed by atoms with E-state index in [1.54, 1.807) is 0 Å². The van der Waals surface area contributed by atoms with Crippen LogP contribution in [0.3, 0.4) is 0 Å². The van der Waals surface area contributed by atoms with Gasteiger partial charge >= 0.3 is 11.9 Å². The summed E-state index contributed by atoms with van der Waals surface area (Å²) in [6.07, 6.45) is -4.21. The van der Waals surface area contributed by atoms with Gasteiger partial charge in [-0.05, 0) is 0 Å². The van der Waals surface area contributed by atoms with E-state index in [9.17, 15) is 19.8 Å². The molecule has 4 atom stereocenters. The quantitative estimate of drug-likeness (QED) is 0.592. The predicted molar refractivity (Wildman–Crippen MR) is 53.9 cm³/mol. The van der Waals surface area contributed by atoms with Gasteiger partial charge in [-0.15, -0.1) is 0 Å². The molecule has 0 aromatic carbocycles. The van der Waals surface area contributed by atoms with Crippen LogP contribution in [0.2, 0.25) is 0 Å². The first-order valence-electron chi connectivity index (χ1n) is 5.20. The van der Waals surface area contributed by atoms with Crippen LogP contribution < -0.4 is 0 Å². The molecule has 1 fully saturated rings. The lowest BCUT2D eigenvalue weighted by Gasteiger charge is -2.36. The van der Waals surface area contributed by atoms with Crippen molar-refractivity contribution in [3.8, 4) is 0 Å². The zero-order chi connectivity index (χ0) is 13.0. The molecule has 0 aromatic heterocycles. The topological polar surface area (TPSA) is 102 Å². The number of esters is 2. The van der Waals surface area contributed by atoms with Crippen molar-refractivity contribution in [1.82, 2.24) is 0 Å². The molecular formula is C10H16O7. The van der Waals surface area contributed by atoms with Crippen LogP contribution in [0.1, 0.15) is 13.8 Å². The van der Waals surface area contributed by atoms with Gasteiger partial charge in [0.15, 0.2) is 6.10 Å². The highest BCUT2D eigenvalue weighted by Gasteiger charge is 2.41. The van der Waals surface area contributed by atoms with Gasteiger partial charge in [0.1, 0.15) is 24.9 Å². The molecule has 0 aromatic rings. The van der Waals surface area contributed by atoms with Crippen LogP contribution >= 0.6 is 0 Å². The molecule has 7 nitrogen and oxygen atoms in total. The predicted octanol–water partition coefficient (Wildman–Crippen LogP) is -1.40. The summed E-state index contributed by atoms with van der Waals surface area (Å²) in [6, 6.07) is 0. The number of hydrogen-bond donors (Lipinski definition) is 2. The standard InChI is InChI=1S/C10H16O7/c1-5(11)15-4-8-9(14)10(17-6(2)12)7(13)3-16-8/h7-10,13-14H,3-4H2,1-2H3/t7-,8+,9+,10+/m0/s1. The van der Waals surface area contributed by atoms with Crippen molar-refractivity contribution < 1.29 is 34.0 Å². The highest BCUT2D eigenvalue weighted by atomic mass is 16.6. The van der Waals surface area contributed by atoms with Crippen molar-refractivity contribution in [2.75, 3.05) is 13.2 Å². The summed E-state index contributed by atoms with van der Waals surface area (Å²) in [6.45, 7) is 2.16. The zero-order valence-electron chi connectivity index (χ0n) is 9.66. The molecule has 2 N–H and O–H groups in total. The Kier molecular flexibility index (Phi) is 4.86. The van der Waals surface area contributed by atoms with Gasteiger partial charge in [-0.25, -0.2) is 0 Å². The van der Waals surface area contributed by atoms with E-state index < -0.39 is 36.4 Å². The van der Waals surface area contributed by atoms with E-state index in [2.05, 4.69) is 0 Å². The largest absolute Gasteiger partial charge is 0.463 e. The van der Waals surface area contributed by atoms with Crippen molar-refractivity contribution in [2.24, 2.45) is 0 Å². The molecule has 1 aliphatic rings. The fraction of sp³-hybridized carbons (Fsp3) is 0.800. The Bertz CT molecular complexity index is 290. The third-order valence-corrected chi connectivity index (χ3v) is 2.33. The fourth-order valence-corrected chi connectivity index (χ4v) is 1.54. The number of aliphatic hydroxyl groups is 2. The second kappa shape index (κ2) is 5.95. The molecule has 98 valence electrons. The molecule has 0 spiro atoms. The number of carbonyl (C=O) groups excluding carboxylic acids is 2. The Morgan fingerprint density at radius 2 is 1.94 bits per heavy atom. The first kappa shape index (κ1) is 13.9. The lowest BCUT2D eigenvalue weighted by Crippen LogP contribution is -2.56. The zero-order valence-corrected chi connectivity index (χ0v) is 9.66. The fourth-order valence-electron chi connectivity index (χ4n) is 1.54. The molecule has 0 amide bonds. The molecule has 0 saturated carbocycles. The van der Waals surface area contributed by atoms with Crippen molar-refractivity contribution in [2.45, 2.75) is 38.3 Å². The summed E-state index contributed by atoms with van der Waals surface area (Å²) >= 11 is 0. The molecule has 1 heterocycles. The van der Waals surface area contributed by atoms with Crippen LogP contribution in [0.25, 0.3) is 0 Å². The molecule has 1 aliphatic heterocycles. The van der Waals surface area contributed by atoms with E-state index in [0.717, 1.165) is 0 Å². The molecule has 1 saturated heterocycles. The number of rotatable bonds is 3. The van der Waals surface area contributed by atoms with E-state index in [1.165, 1.54) is 13.8 Å². The van der Waals surface area contributed by atoms with Crippen molar-refractivity contribution >= 4 is 11.9 Å². The van der Waals surface area contributed by atoms with Gasteiger partial charge in [-0.3, -0.25) is 9.59 Å². The Morgan fingerprint density at radius 1 is 1.29 bits per heavy atom. The number of carbonyl (C=O) groups is 2. The van der Waals surface area contributed by atoms with Crippen LogP contribution in [0, 0.1) is 0 Å². The van der Waals surface area contributed by atoms with Crippen molar-refractivity contribution in [1.29, 1.82) is 0 Å². The number of ether oxygens (including phenoxy) is 3. The monoisotopic (exact) mass is 248 g/mol. The second-order valence-corrected chi connectivity index (χ2v) is 3.81. The first-order chi connectivity index (χ1) is 7.91. The van der Waals surface area contributed by atoms with Gasteiger partial charge in [-0.1, -0.05) is 0 Å². The van der Waals surface area contributed by atoms with E-state index >= 15 is 0 Å². The van der Waals surface area contributed by atoms with Gasteiger partial charge in [0.2, 0.25) is 0 Å². The van der Waals surface area contributed by atoms with Gasteiger partial charge in [-0.2, -0.15) is 0 Å². The minimum absolute atomic E-state index is 0.0963. The molecule has 0 aliphatic carbocycles. The minimum atomic E-state index is -1.23. The maximum atomic E-state index is 10.8. The van der Waals surface area contributed by atoms with E-state index in [-0.39, 0.29) is 13.2 Å². The maximum Gasteiger partial charge on any atom is 0.303 e. The lowest BCUT2D eigenvalue weighted by molar-refractivity contribution is -0.214. The highest BCUT2D eigenvalue weighted by Crippen LogP contribution is 2.19. The summed E-state index contributed by atoms with van der Waals surface area (Å²) in [7, 11) is 0. The van der Waals surface area contributed by atoms with E-state index in [1.807, 2.05) is 0 Å². The molecular weight excluding hydrogens is 232 g/mol. The van der Waals surface area contributed by atoms with E-state index in [0.29, 0.717) is 0 Å². The van der Waals surface area contributed by atoms with Gasteiger partial charge < -0.3 is 24.4 Å². The summed E-state index contributed by atoms with van der Waals surface area (Å²) in [5, 5.41) is 19.3.